The van der Waals surface area contributed by atoms with Crippen LogP contribution in [0, 0.1) is 0 Å². The summed E-state index contributed by atoms with van der Waals surface area (Å²) in [6.07, 6.45) is 2.11. The molecule has 0 radical (unpaired) electrons. The third-order valence-corrected chi connectivity index (χ3v) is 4.81. The fraction of sp³-hybridized carbons (Fsp3) is 0.353. The van der Waals surface area contributed by atoms with Crippen LogP contribution < -0.4 is 11.1 Å². The van der Waals surface area contributed by atoms with Crippen molar-refractivity contribution in [2.24, 2.45) is 0 Å². The van der Waals surface area contributed by atoms with Gasteiger partial charge in [0, 0.05) is 25.1 Å². The summed E-state index contributed by atoms with van der Waals surface area (Å²) in [5, 5.41) is 9.21. The van der Waals surface area contributed by atoms with Crippen molar-refractivity contribution < 1.29 is 9.59 Å². The van der Waals surface area contributed by atoms with E-state index in [4.69, 9.17) is 5.73 Å². The Hall–Kier alpha value is -2.83. The van der Waals surface area contributed by atoms with E-state index in [0.717, 1.165) is 12.8 Å². The lowest BCUT2D eigenvalue weighted by Gasteiger charge is -2.24. The van der Waals surface area contributed by atoms with Crippen molar-refractivity contribution >= 4 is 17.6 Å². The van der Waals surface area contributed by atoms with Gasteiger partial charge in [0.1, 0.15) is 11.5 Å². The highest BCUT2D eigenvalue weighted by Gasteiger charge is 2.37. The van der Waals surface area contributed by atoms with E-state index in [1.54, 1.807) is 0 Å². The van der Waals surface area contributed by atoms with Crippen LogP contribution in [0.15, 0.2) is 30.3 Å². The number of nitrogens with one attached hydrogen (secondary N) is 2. The maximum Gasteiger partial charge on any atom is 0.269 e. The van der Waals surface area contributed by atoms with Crippen molar-refractivity contribution in [1.82, 2.24) is 20.4 Å². The quantitative estimate of drug-likeness (QED) is 0.764. The number of carbonyl (C=O) groups is 2. The van der Waals surface area contributed by atoms with Crippen LogP contribution in [0.2, 0.25) is 0 Å². The Morgan fingerprint density at radius 2 is 1.96 bits per heavy atom. The Balaban J connectivity index is 1.40. The second kappa shape index (κ2) is 5.67. The van der Waals surface area contributed by atoms with Crippen molar-refractivity contribution in [3.05, 3.63) is 47.2 Å². The van der Waals surface area contributed by atoms with Crippen molar-refractivity contribution in [3.63, 3.8) is 0 Å². The number of H-pyrrole nitrogens is 1. The molecule has 4 rings (SSSR count). The van der Waals surface area contributed by atoms with Crippen LogP contribution in [0.5, 0.6) is 0 Å². The molecule has 1 atom stereocenters. The minimum atomic E-state index is -0.284. The highest BCUT2D eigenvalue weighted by atomic mass is 16.2. The molecule has 7 heteroatoms. The number of amides is 2. The largest absolute Gasteiger partial charge is 0.382 e. The summed E-state index contributed by atoms with van der Waals surface area (Å²) in [7, 11) is 0. The van der Waals surface area contributed by atoms with E-state index in [0.29, 0.717) is 18.7 Å². The van der Waals surface area contributed by atoms with Gasteiger partial charge in [0.15, 0.2) is 0 Å². The van der Waals surface area contributed by atoms with Crippen LogP contribution in [0.1, 0.15) is 28.0 Å². The molecular weight excluding hydrogens is 306 g/mol. The number of anilines is 1. The molecule has 7 nitrogen and oxygen atoms in total. The lowest BCUT2D eigenvalue weighted by molar-refractivity contribution is -0.129. The molecule has 1 aromatic carbocycles. The van der Waals surface area contributed by atoms with E-state index in [1.165, 1.54) is 17.2 Å². The first-order valence-corrected chi connectivity index (χ1v) is 8.08. The Kier molecular flexibility index (Phi) is 3.48. The monoisotopic (exact) mass is 325 g/mol. The van der Waals surface area contributed by atoms with Crippen molar-refractivity contribution in [1.29, 1.82) is 0 Å². The highest BCUT2D eigenvalue weighted by molar-refractivity contribution is 5.94. The first kappa shape index (κ1) is 14.7. The van der Waals surface area contributed by atoms with Gasteiger partial charge in [-0.2, -0.15) is 5.10 Å². The van der Waals surface area contributed by atoms with Crippen LogP contribution in [-0.4, -0.2) is 45.5 Å². The predicted octanol–water partition coefficient (Wildman–Crippen LogP) is 0.490. The second-order valence-corrected chi connectivity index (χ2v) is 6.46. The summed E-state index contributed by atoms with van der Waals surface area (Å²) in [6, 6.07) is 9.81. The zero-order valence-corrected chi connectivity index (χ0v) is 13.2. The third-order valence-electron chi connectivity index (χ3n) is 4.81. The van der Waals surface area contributed by atoms with Gasteiger partial charge in [-0.05, 0) is 24.0 Å². The summed E-state index contributed by atoms with van der Waals surface area (Å²) >= 11 is 0. The number of carbonyl (C=O) groups excluding carboxylic acids is 2. The van der Waals surface area contributed by atoms with Crippen molar-refractivity contribution in [2.45, 2.75) is 31.3 Å². The zero-order chi connectivity index (χ0) is 16.7. The Morgan fingerprint density at radius 1 is 1.25 bits per heavy atom. The van der Waals surface area contributed by atoms with Gasteiger partial charge in [0.25, 0.3) is 5.91 Å². The first-order valence-electron chi connectivity index (χ1n) is 8.08. The Bertz CT molecular complexity index is 775. The molecular formula is C17H19N5O2. The van der Waals surface area contributed by atoms with Crippen LogP contribution >= 0.6 is 0 Å². The fourth-order valence-corrected chi connectivity index (χ4v) is 3.65. The highest BCUT2D eigenvalue weighted by Crippen LogP contribution is 2.28. The SMILES string of the molecule is Nc1cc(C(=O)N[C@H]2CC(=O)N(C3Cc4ccccc4C3)C2)[nH]n1. The average molecular weight is 325 g/mol. The summed E-state index contributed by atoms with van der Waals surface area (Å²) in [5.74, 6) is 0.0868. The van der Waals surface area contributed by atoms with E-state index >= 15 is 0 Å². The van der Waals surface area contributed by atoms with Gasteiger partial charge >= 0.3 is 0 Å². The van der Waals surface area contributed by atoms with Gasteiger partial charge in [-0.3, -0.25) is 14.7 Å². The third kappa shape index (κ3) is 2.62. The summed E-state index contributed by atoms with van der Waals surface area (Å²) in [6.45, 7) is 0.548. The molecule has 1 fully saturated rings. The number of hydrogen-bond donors (Lipinski definition) is 3. The average Bonchev–Trinajstić information content (AvgIpc) is 3.25. The van der Waals surface area contributed by atoms with Crippen molar-refractivity contribution in [2.75, 3.05) is 12.3 Å². The molecule has 4 N–H and O–H groups in total. The van der Waals surface area contributed by atoms with E-state index in [9.17, 15) is 9.59 Å². The smallest absolute Gasteiger partial charge is 0.269 e. The maximum atomic E-state index is 12.4. The lowest BCUT2D eigenvalue weighted by Crippen LogP contribution is -2.41. The van der Waals surface area contributed by atoms with Gasteiger partial charge in [0.05, 0.1) is 6.04 Å². The van der Waals surface area contributed by atoms with Gasteiger partial charge in [-0.15, -0.1) is 0 Å². The molecule has 2 aromatic rings. The number of nitrogens with zero attached hydrogens (tertiary/aromatic N) is 2. The van der Waals surface area contributed by atoms with Gasteiger partial charge in [0.2, 0.25) is 5.91 Å². The number of likely N-dealkylation sites (tertiary alicyclic amines) is 1. The van der Waals surface area contributed by atoms with Gasteiger partial charge < -0.3 is 16.0 Å². The summed E-state index contributed by atoms with van der Waals surface area (Å²) < 4.78 is 0. The molecule has 1 saturated heterocycles. The minimum absolute atomic E-state index is 0.0993. The number of aromatic nitrogens is 2. The van der Waals surface area contributed by atoms with E-state index in [1.807, 2.05) is 17.0 Å². The zero-order valence-electron chi connectivity index (χ0n) is 13.2. The number of benzene rings is 1. The number of nitrogen functional groups attached to an aromatic ring is 1. The van der Waals surface area contributed by atoms with Gasteiger partial charge in [-0.1, -0.05) is 24.3 Å². The normalized spacial score (nSPS) is 20.4. The Labute approximate surface area is 139 Å². The van der Waals surface area contributed by atoms with Gasteiger partial charge in [-0.25, -0.2) is 0 Å². The van der Waals surface area contributed by atoms with E-state index in [-0.39, 0.29) is 29.7 Å². The van der Waals surface area contributed by atoms with Crippen LogP contribution in [0.3, 0.4) is 0 Å². The minimum Gasteiger partial charge on any atom is -0.382 e. The number of rotatable bonds is 3. The summed E-state index contributed by atoms with van der Waals surface area (Å²) in [4.78, 5) is 26.4. The Morgan fingerprint density at radius 3 is 2.58 bits per heavy atom. The van der Waals surface area contributed by atoms with Crippen LogP contribution in [0.4, 0.5) is 5.82 Å². The summed E-state index contributed by atoms with van der Waals surface area (Å²) in [5.41, 5.74) is 8.45. The first-order chi connectivity index (χ1) is 11.6. The topological polar surface area (TPSA) is 104 Å². The van der Waals surface area contributed by atoms with Crippen molar-refractivity contribution in [3.8, 4) is 0 Å². The number of aromatic amines is 1. The van der Waals surface area contributed by atoms with E-state index in [2.05, 4.69) is 27.6 Å². The number of fused-ring (bicyclic) bond motifs is 1. The molecule has 2 aliphatic rings. The molecule has 0 spiro atoms. The second-order valence-electron chi connectivity index (χ2n) is 6.46. The molecule has 2 heterocycles. The molecule has 1 aliphatic carbocycles. The van der Waals surface area contributed by atoms with Crippen LogP contribution in [-0.2, 0) is 17.6 Å². The molecule has 24 heavy (non-hydrogen) atoms. The molecule has 1 aliphatic heterocycles. The molecule has 0 saturated carbocycles. The number of nitrogens with two attached hydrogens (primary N) is 1. The number of hydrogen-bond acceptors (Lipinski definition) is 4. The fourth-order valence-electron chi connectivity index (χ4n) is 3.65. The molecule has 1 aromatic heterocycles. The molecule has 0 bridgehead atoms. The van der Waals surface area contributed by atoms with E-state index < -0.39 is 0 Å². The lowest BCUT2D eigenvalue weighted by atomic mass is 10.1. The molecule has 0 unspecified atom stereocenters. The molecule has 124 valence electrons. The van der Waals surface area contributed by atoms with Crippen LogP contribution in [0.25, 0.3) is 0 Å². The molecule has 2 amide bonds. The maximum absolute atomic E-state index is 12.4. The predicted molar refractivity (Wildman–Crippen MR) is 88.2 cm³/mol. The standard InChI is InChI=1S/C17H19N5O2/c18-15-8-14(20-21-15)17(24)19-12-7-16(23)22(9-12)13-5-10-3-1-2-4-11(10)6-13/h1-4,8,12-13H,5-7,9H2,(H,19,24)(H3,18,20,21)/t12-/m0/s1.